The Hall–Kier alpha value is -2.58. The van der Waals surface area contributed by atoms with Crippen LogP contribution in [-0.2, 0) is 0 Å². The summed E-state index contributed by atoms with van der Waals surface area (Å²) in [6.07, 6.45) is 0. The first-order valence-electron chi connectivity index (χ1n) is 7.73. The van der Waals surface area contributed by atoms with E-state index in [0.717, 1.165) is 17.7 Å². The highest BCUT2D eigenvalue weighted by molar-refractivity contribution is 5.89. The van der Waals surface area contributed by atoms with Crippen molar-refractivity contribution in [2.24, 2.45) is 0 Å². The lowest BCUT2D eigenvalue weighted by atomic mass is 9.97. The zero-order chi connectivity index (χ0) is 18.0. The van der Waals surface area contributed by atoms with Gasteiger partial charge in [0.1, 0.15) is 5.82 Å². The highest BCUT2D eigenvalue weighted by Gasteiger charge is 2.35. The molecule has 2 aromatic carbocycles. The van der Waals surface area contributed by atoms with Gasteiger partial charge in [-0.2, -0.15) is 0 Å². The number of halogens is 3. The minimum absolute atomic E-state index is 0.106. The molecule has 2 amide bonds. The van der Waals surface area contributed by atoms with Gasteiger partial charge in [0, 0.05) is 17.8 Å². The van der Waals surface area contributed by atoms with Crippen LogP contribution in [0, 0.1) is 17.5 Å². The molecule has 3 rings (SSSR count). The van der Waals surface area contributed by atoms with E-state index in [1.54, 1.807) is 12.1 Å². The first kappa shape index (κ1) is 17.2. The Morgan fingerprint density at radius 3 is 2.40 bits per heavy atom. The van der Waals surface area contributed by atoms with Crippen molar-refractivity contribution < 1.29 is 18.0 Å². The number of amides is 2. The average Bonchev–Trinajstić information content (AvgIpc) is 2.93. The van der Waals surface area contributed by atoms with Gasteiger partial charge in [0.05, 0.1) is 12.1 Å². The Bertz CT molecular complexity index is 769. The standard InChI is InChI=1S/C17H17F3N4O/c1-9-15(16(24-23-9)10-2-4-11(18)5-3-10)22-17(25)21-12-6-7-13(19)14(20)8-12/h2-9,15-16,23-24H,1H3,(H2,21,22,25). The molecule has 1 aliphatic heterocycles. The van der Waals surface area contributed by atoms with Crippen molar-refractivity contribution in [2.45, 2.75) is 25.0 Å². The van der Waals surface area contributed by atoms with E-state index < -0.39 is 17.7 Å². The zero-order valence-corrected chi connectivity index (χ0v) is 13.3. The fourth-order valence-electron chi connectivity index (χ4n) is 2.75. The smallest absolute Gasteiger partial charge is 0.319 e. The third-order valence-electron chi connectivity index (χ3n) is 4.07. The van der Waals surface area contributed by atoms with Crippen LogP contribution in [-0.4, -0.2) is 18.1 Å². The number of hydrogen-bond donors (Lipinski definition) is 4. The summed E-state index contributed by atoms with van der Waals surface area (Å²) in [5.74, 6) is -2.37. The van der Waals surface area contributed by atoms with Crippen molar-refractivity contribution >= 4 is 11.7 Å². The third kappa shape index (κ3) is 3.92. The second-order valence-electron chi connectivity index (χ2n) is 5.86. The van der Waals surface area contributed by atoms with Gasteiger partial charge in [0.15, 0.2) is 11.6 Å². The van der Waals surface area contributed by atoms with Gasteiger partial charge in [-0.1, -0.05) is 12.1 Å². The highest BCUT2D eigenvalue weighted by Crippen LogP contribution is 2.23. The van der Waals surface area contributed by atoms with Crippen molar-refractivity contribution in [3.8, 4) is 0 Å². The normalized spacial score (nSPS) is 22.6. The van der Waals surface area contributed by atoms with E-state index in [1.807, 2.05) is 6.92 Å². The molecule has 1 fully saturated rings. The Morgan fingerprint density at radius 2 is 1.72 bits per heavy atom. The molecule has 1 aliphatic rings. The van der Waals surface area contributed by atoms with Crippen LogP contribution in [0.3, 0.4) is 0 Å². The minimum atomic E-state index is -1.04. The number of carbonyl (C=O) groups excluding carboxylic acids is 1. The molecule has 1 heterocycles. The molecule has 3 atom stereocenters. The summed E-state index contributed by atoms with van der Waals surface area (Å²) < 4.78 is 39.2. The van der Waals surface area contributed by atoms with Crippen LogP contribution in [0.25, 0.3) is 0 Å². The van der Waals surface area contributed by atoms with E-state index >= 15 is 0 Å². The van der Waals surface area contributed by atoms with Crippen molar-refractivity contribution in [3.63, 3.8) is 0 Å². The predicted octanol–water partition coefficient (Wildman–Crippen LogP) is 2.83. The lowest BCUT2D eigenvalue weighted by molar-refractivity contribution is 0.246. The largest absolute Gasteiger partial charge is 0.332 e. The molecule has 1 saturated heterocycles. The summed E-state index contributed by atoms with van der Waals surface area (Å²) in [5, 5.41) is 5.26. The Balaban J connectivity index is 1.69. The molecule has 5 nitrogen and oxygen atoms in total. The lowest BCUT2D eigenvalue weighted by Gasteiger charge is -2.23. The van der Waals surface area contributed by atoms with Crippen LogP contribution in [0.4, 0.5) is 23.7 Å². The molecule has 0 saturated carbocycles. The molecule has 8 heteroatoms. The minimum Gasteiger partial charge on any atom is -0.332 e. The second-order valence-corrected chi connectivity index (χ2v) is 5.86. The summed E-state index contributed by atoms with van der Waals surface area (Å²) in [6, 6.07) is 7.80. The van der Waals surface area contributed by atoms with Crippen molar-refractivity contribution in [2.75, 3.05) is 5.32 Å². The number of hydrazine groups is 1. The monoisotopic (exact) mass is 350 g/mol. The maximum absolute atomic E-state index is 13.2. The van der Waals surface area contributed by atoms with E-state index in [0.29, 0.717) is 0 Å². The molecule has 0 aromatic heterocycles. The van der Waals surface area contributed by atoms with Gasteiger partial charge in [0.2, 0.25) is 0 Å². The van der Waals surface area contributed by atoms with Gasteiger partial charge in [-0.25, -0.2) is 23.4 Å². The quantitative estimate of drug-likeness (QED) is 0.688. The number of hydrogen-bond acceptors (Lipinski definition) is 3. The maximum Gasteiger partial charge on any atom is 0.319 e. The van der Waals surface area contributed by atoms with Crippen LogP contribution in [0.15, 0.2) is 42.5 Å². The maximum atomic E-state index is 13.2. The van der Waals surface area contributed by atoms with Gasteiger partial charge in [-0.15, -0.1) is 0 Å². The average molecular weight is 350 g/mol. The SMILES string of the molecule is CC1NNC(c2ccc(F)cc2)C1NC(=O)Nc1ccc(F)c(F)c1. The van der Waals surface area contributed by atoms with E-state index in [-0.39, 0.29) is 29.6 Å². The third-order valence-corrected chi connectivity index (χ3v) is 4.07. The molecular formula is C17H17F3N4O. The van der Waals surface area contributed by atoms with E-state index in [9.17, 15) is 18.0 Å². The number of rotatable bonds is 3. The summed E-state index contributed by atoms with van der Waals surface area (Å²) in [5.41, 5.74) is 7.02. The van der Waals surface area contributed by atoms with Crippen LogP contribution in [0.5, 0.6) is 0 Å². The van der Waals surface area contributed by atoms with Crippen LogP contribution in [0.2, 0.25) is 0 Å². The molecular weight excluding hydrogens is 333 g/mol. The van der Waals surface area contributed by atoms with Crippen molar-refractivity contribution in [1.82, 2.24) is 16.2 Å². The molecule has 4 N–H and O–H groups in total. The topological polar surface area (TPSA) is 65.2 Å². The van der Waals surface area contributed by atoms with E-state index in [2.05, 4.69) is 21.5 Å². The lowest BCUT2D eigenvalue weighted by Crippen LogP contribution is -2.46. The first-order valence-corrected chi connectivity index (χ1v) is 7.73. The summed E-state index contributed by atoms with van der Waals surface area (Å²) >= 11 is 0. The van der Waals surface area contributed by atoms with Gasteiger partial charge < -0.3 is 10.6 Å². The van der Waals surface area contributed by atoms with Crippen molar-refractivity contribution in [3.05, 3.63) is 65.5 Å². The summed E-state index contributed by atoms with van der Waals surface area (Å²) in [7, 11) is 0. The number of nitrogens with one attached hydrogen (secondary N) is 4. The second kappa shape index (κ2) is 7.12. The molecule has 0 spiro atoms. The molecule has 3 unspecified atom stereocenters. The van der Waals surface area contributed by atoms with Crippen LogP contribution in [0.1, 0.15) is 18.5 Å². The van der Waals surface area contributed by atoms with Gasteiger partial charge in [-0.3, -0.25) is 5.43 Å². The molecule has 0 bridgehead atoms. The first-order chi connectivity index (χ1) is 11.9. The number of benzene rings is 2. The Morgan fingerprint density at radius 1 is 1.00 bits per heavy atom. The summed E-state index contributed by atoms with van der Waals surface area (Å²) in [4.78, 5) is 12.2. The molecule has 132 valence electrons. The van der Waals surface area contributed by atoms with Gasteiger partial charge in [0.25, 0.3) is 0 Å². The van der Waals surface area contributed by atoms with E-state index in [4.69, 9.17) is 0 Å². The Labute approximate surface area is 142 Å². The summed E-state index contributed by atoms with van der Waals surface area (Å²) in [6.45, 7) is 1.87. The van der Waals surface area contributed by atoms with Gasteiger partial charge in [-0.05, 0) is 36.8 Å². The van der Waals surface area contributed by atoms with Gasteiger partial charge >= 0.3 is 6.03 Å². The number of urea groups is 1. The fraction of sp³-hybridized carbons (Fsp3) is 0.235. The van der Waals surface area contributed by atoms with E-state index in [1.165, 1.54) is 18.2 Å². The van der Waals surface area contributed by atoms with Crippen LogP contribution >= 0.6 is 0 Å². The predicted molar refractivity (Wildman–Crippen MR) is 87.2 cm³/mol. The zero-order valence-electron chi connectivity index (χ0n) is 13.3. The molecule has 0 radical (unpaired) electrons. The fourth-order valence-corrected chi connectivity index (χ4v) is 2.75. The highest BCUT2D eigenvalue weighted by atomic mass is 19.2. The number of carbonyl (C=O) groups is 1. The van der Waals surface area contributed by atoms with Crippen LogP contribution < -0.4 is 21.5 Å². The Kier molecular flexibility index (Phi) is 4.91. The van der Waals surface area contributed by atoms with Crippen molar-refractivity contribution in [1.29, 1.82) is 0 Å². The molecule has 2 aromatic rings. The number of anilines is 1. The molecule has 25 heavy (non-hydrogen) atoms. The molecule has 0 aliphatic carbocycles.